The van der Waals surface area contributed by atoms with Crippen LogP contribution in [0, 0.1) is 5.82 Å². The number of carbonyl (C=O) groups is 3. The van der Waals surface area contributed by atoms with Gasteiger partial charge in [0.05, 0.1) is 19.2 Å². The van der Waals surface area contributed by atoms with Crippen LogP contribution in [0.25, 0.3) is 0 Å². The Morgan fingerprint density at radius 1 is 1.38 bits per heavy atom. The van der Waals surface area contributed by atoms with Crippen molar-refractivity contribution in [3.8, 4) is 0 Å². The number of carboxylic acids is 1. The fraction of sp³-hybridized carbons (Fsp3) is 0.308. The van der Waals surface area contributed by atoms with Crippen molar-refractivity contribution >= 4 is 23.7 Å². The second-order valence-electron chi connectivity index (χ2n) is 4.13. The van der Waals surface area contributed by atoms with E-state index in [1.807, 2.05) is 0 Å². The Labute approximate surface area is 120 Å². The summed E-state index contributed by atoms with van der Waals surface area (Å²) in [4.78, 5) is 34.9. The number of hydrogen-bond acceptors (Lipinski definition) is 4. The number of hydrogen-bond donors (Lipinski definition) is 2. The number of ether oxygens (including phenoxy) is 1. The van der Waals surface area contributed by atoms with Crippen LogP contribution in [0.4, 0.5) is 14.9 Å². The predicted molar refractivity (Wildman–Crippen MR) is 71.4 cm³/mol. The van der Waals surface area contributed by atoms with Crippen molar-refractivity contribution in [2.75, 3.05) is 19.1 Å². The zero-order valence-corrected chi connectivity index (χ0v) is 11.5. The van der Waals surface area contributed by atoms with Crippen molar-refractivity contribution in [1.82, 2.24) is 5.32 Å². The van der Waals surface area contributed by atoms with Crippen LogP contribution in [0.3, 0.4) is 0 Å². The summed E-state index contributed by atoms with van der Waals surface area (Å²) in [5.74, 6) is -2.80. The van der Waals surface area contributed by atoms with Crippen LogP contribution in [0.1, 0.15) is 6.42 Å². The summed E-state index contributed by atoms with van der Waals surface area (Å²) in [7, 11) is 2.39. The standard InChI is InChI=1S/C13H15FN2O5/c1-16(10-6-4-3-5-8(10)14)13(20)15-9(12(18)19)7-11(17)21-2/h3-6,9H,7H2,1-2H3,(H,15,20)(H,18,19)/t9-/m0/s1. The summed E-state index contributed by atoms with van der Waals surface area (Å²) in [5.41, 5.74) is -0.0165. The zero-order valence-electron chi connectivity index (χ0n) is 11.5. The first-order valence-electron chi connectivity index (χ1n) is 5.95. The van der Waals surface area contributed by atoms with Crippen molar-refractivity contribution in [3.63, 3.8) is 0 Å². The molecule has 0 radical (unpaired) electrons. The Bertz CT molecular complexity index is 549. The molecule has 0 aliphatic rings. The van der Waals surface area contributed by atoms with Crippen molar-refractivity contribution in [2.45, 2.75) is 12.5 Å². The number of amides is 2. The van der Waals surface area contributed by atoms with Crippen LogP contribution in [0.2, 0.25) is 0 Å². The third kappa shape index (κ3) is 4.44. The zero-order chi connectivity index (χ0) is 16.0. The second kappa shape index (κ2) is 7.22. The number of carbonyl (C=O) groups excluding carboxylic acids is 2. The molecule has 1 rings (SSSR count). The number of rotatable bonds is 5. The van der Waals surface area contributed by atoms with Crippen molar-refractivity contribution in [2.24, 2.45) is 0 Å². The molecule has 1 aromatic carbocycles. The maximum Gasteiger partial charge on any atom is 0.326 e. The lowest BCUT2D eigenvalue weighted by atomic mass is 10.2. The molecule has 0 saturated heterocycles. The van der Waals surface area contributed by atoms with Gasteiger partial charge in [-0.15, -0.1) is 0 Å². The van der Waals surface area contributed by atoms with E-state index in [4.69, 9.17) is 5.11 Å². The van der Waals surface area contributed by atoms with Gasteiger partial charge in [-0.25, -0.2) is 14.0 Å². The van der Waals surface area contributed by atoms with E-state index in [2.05, 4.69) is 10.1 Å². The van der Waals surface area contributed by atoms with Gasteiger partial charge in [0.25, 0.3) is 0 Å². The van der Waals surface area contributed by atoms with Gasteiger partial charge in [0.15, 0.2) is 0 Å². The first-order valence-corrected chi connectivity index (χ1v) is 5.95. The van der Waals surface area contributed by atoms with E-state index in [0.29, 0.717) is 0 Å². The summed E-state index contributed by atoms with van der Waals surface area (Å²) in [6.45, 7) is 0. The van der Waals surface area contributed by atoms with Crippen LogP contribution >= 0.6 is 0 Å². The fourth-order valence-electron chi connectivity index (χ4n) is 1.53. The molecule has 0 aliphatic heterocycles. The minimum Gasteiger partial charge on any atom is -0.480 e. The minimum atomic E-state index is -1.46. The molecule has 1 aromatic rings. The number of nitrogens with zero attached hydrogens (tertiary/aromatic N) is 1. The molecule has 8 heteroatoms. The molecule has 0 fully saturated rings. The van der Waals surface area contributed by atoms with Crippen molar-refractivity contribution in [1.29, 1.82) is 0 Å². The number of anilines is 1. The number of esters is 1. The van der Waals surface area contributed by atoms with E-state index in [1.54, 1.807) is 0 Å². The van der Waals surface area contributed by atoms with Gasteiger partial charge in [-0.2, -0.15) is 0 Å². The summed E-state index contributed by atoms with van der Waals surface area (Å²) < 4.78 is 17.9. The number of nitrogens with one attached hydrogen (secondary N) is 1. The van der Waals surface area contributed by atoms with E-state index in [0.717, 1.165) is 12.0 Å². The molecule has 7 nitrogen and oxygen atoms in total. The number of carboxylic acid groups (broad SMARTS) is 1. The van der Waals surface area contributed by atoms with Gasteiger partial charge in [-0.3, -0.25) is 9.69 Å². The Morgan fingerprint density at radius 2 is 2.00 bits per heavy atom. The second-order valence-corrected chi connectivity index (χ2v) is 4.13. The van der Waals surface area contributed by atoms with Gasteiger partial charge < -0.3 is 15.2 Å². The molecule has 0 unspecified atom stereocenters. The summed E-state index contributed by atoms with van der Waals surface area (Å²) in [6.07, 6.45) is -0.525. The van der Waals surface area contributed by atoms with Crippen LogP contribution in [-0.2, 0) is 14.3 Å². The minimum absolute atomic E-state index is 0.0165. The lowest BCUT2D eigenvalue weighted by Gasteiger charge is -2.21. The molecule has 0 saturated carbocycles. The topological polar surface area (TPSA) is 95.9 Å². The Morgan fingerprint density at radius 3 is 2.52 bits per heavy atom. The molecular weight excluding hydrogens is 283 g/mol. The van der Waals surface area contributed by atoms with E-state index in [1.165, 1.54) is 31.3 Å². The lowest BCUT2D eigenvalue weighted by Crippen LogP contribution is -2.48. The van der Waals surface area contributed by atoms with E-state index < -0.39 is 36.2 Å². The van der Waals surface area contributed by atoms with Gasteiger partial charge in [-0.05, 0) is 12.1 Å². The number of halogens is 1. The molecule has 114 valence electrons. The van der Waals surface area contributed by atoms with Crippen LogP contribution in [0.5, 0.6) is 0 Å². The number of para-hydroxylation sites is 1. The summed E-state index contributed by atoms with van der Waals surface area (Å²) >= 11 is 0. The molecule has 21 heavy (non-hydrogen) atoms. The van der Waals surface area contributed by atoms with Gasteiger partial charge in [0, 0.05) is 7.05 Å². The first kappa shape index (κ1) is 16.4. The molecule has 1 atom stereocenters. The van der Waals surface area contributed by atoms with Gasteiger partial charge >= 0.3 is 18.0 Å². The maximum absolute atomic E-state index is 13.5. The number of benzene rings is 1. The van der Waals surface area contributed by atoms with E-state index in [9.17, 15) is 18.8 Å². The Hall–Kier alpha value is -2.64. The highest BCUT2D eigenvalue weighted by molar-refractivity contribution is 5.95. The van der Waals surface area contributed by atoms with E-state index in [-0.39, 0.29) is 5.69 Å². The van der Waals surface area contributed by atoms with Gasteiger partial charge in [0.2, 0.25) is 0 Å². The number of urea groups is 1. The third-order valence-electron chi connectivity index (χ3n) is 2.71. The van der Waals surface area contributed by atoms with Gasteiger partial charge in [-0.1, -0.05) is 12.1 Å². The molecule has 2 amide bonds. The third-order valence-corrected chi connectivity index (χ3v) is 2.71. The maximum atomic E-state index is 13.5. The highest BCUT2D eigenvalue weighted by Crippen LogP contribution is 2.17. The number of aliphatic carboxylic acids is 1. The SMILES string of the molecule is COC(=O)C[C@H](NC(=O)N(C)c1ccccc1F)C(=O)O. The average molecular weight is 298 g/mol. The van der Waals surface area contributed by atoms with Crippen LogP contribution in [-0.4, -0.2) is 43.3 Å². The molecule has 0 bridgehead atoms. The fourth-order valence-corrected chi connectivity index (χ4v) is 1.53. The average Bonchev–Trinajstić information content (AvgIpc) is 2.45. The largest absolute Gasteiger partial charge is 0.480 e. The predicted octanol–water partition coefficient (Wildman–Crippen LogP) is 0.988. The van der Waals surface area contributed by atoms with E-state index >= 15 is 0 Å². The molecule has 0 aliphatic carbocycles. The Balaban J connectivity index is 2.80. The van der Waals surface area contributed by atoms with Crippen molar-refractivity contribution in [3.05, 3.63) is 30.1 Å². The van der Waals surface area contributed by atoms with Crippen LogP contribution < -0.4 is 10.2 Å². The summed E-state index contributed by atoms with van der Waals surface area (Å²) in [6, 6.07) is 3.22. The highest BCUT2D eigenvalue weighted by Gasteiger charge is 2.26. The molecule has 0 heterocycles. The normalized spacial score (nSPS) is 11.4. The summed E-state index contributed by atoms with van der Waals surface area (Å²) in [5, 5.41) is 11.1. The lowest BCUT2D eigenvalue weighted by molar-refractivity contribution is -0.147. The molecule has 0 spiro atoms. The van der Waals surface area contributed by atoms with Crippen LogP contribution in [0.15, 0.2) is 24.3 Å². The smallest absolute Gasteiger partial charge is 0.326 e. The number of methoxy groups -OCH3 is 1. The first-order chi connectivity index (χ1) is 9.86. The molecule has 0 aromatic heterocycles. The van der Waals surface area contributed by atoms with Gasteiger partial charge in [0.1, 0.15) is 11.9 Å². The Kier molecular flexibility index (Phi) is 5.65. The van der Waals surface area contributed by atoms with Crippen molar-refractivity contribution < 1.29 is 28.6 Å². The monoisotopic (exact) mass is 298 g/mol. The quantitative estimate of drug-likeness (QED) is 0.790. The molecule has 2 N–H and O–H groups in total. The molecular formula is C13H15FN2O5. The highest BCUT2D eigenvalue weighted by atomic mass is 19.1.